The summed E-state index contributed by atoms with van der Waals surface area (Å²) in [6.07, 6.45) is 0. The van der Waals surface area contributed by atoms with Crippen molar-refractivity contribution in [2.45, 2.75) is 13.2 Å². The maximum Gasteiger partial charge on any atom is 0.421 e. The van der Waals surface area contributed by atoms with Crippen LogP contribution in [-0.4, -0.2) is 16.5 Å². The van der Waals surface area contributed by atoms with Crippen LogP contribution in [0, 0.1) is 0 Å². The molecule has 108 valence electrons. The maximum atomic E-state index is 11.9. The van der Waals surface area contributed by atoms with Crippen LogP contribution in [0.25, 0.3) is 11.1 Å². The molecular weight excluding hydrogens is 332 g/mol. The van der Waals surface area contributed by atoms with Crippen LogP contribution in [0.3, 0.4) is 0 Å². The maximum absolute atomic E-state index is 11.9. The molecule has 0 bridgehead atoms. The molecule has 0 aliphatic rings. The smallest absolute Gasteiger partial charge is 0.408 e. The first-order valence-corrected chi connectivity index (χ1v) is 7.44. The van der Waals surface area contributed by atoms with Gasteiger partial charge in [-0.3, -0.25) is 9.47 Å². The zero-order chi connectivity index (χ0) is 14.8. The number of halogens is 1. The Morgan fingerprint density at radius 2 is 1.86 bits per heavy atom. The normalized spacial score (nSPS) is 11.4. The van der Waals surface area contributed by atoms with Gasteiger partial charge in [0, 0.05) is 11.0 Å². The lowest BCUT2D eigenvalue weighted by atomic mass is 10.2. The minimum atomic E-state index is -0.321. The van der Waals surface area contributed by atoms with Crippen LogP contribution in [0.4, 0.5) is 0 Å². The largest absolute Gasteiger partial charge is 0.421 e. The quantitative estimate of drug-likeness (QED) is 0.726. The molecule has 0 unspecified atom stereocenters. The van der Waals surface area contributed by atoms with Crippen molar-refractivity contribution in [2.24, 2.45) is 0 Å². The Hall–Kier alpha value is -1.85. The fourth-order valence-electron chi connectivity index (χ4n) is 2.34. The van der Waals surface area contributed by atoms with Crippen molar-refractivity contribution >= 4 is 27.0 Å². The van der Waals surface area contributed by atoms with Crippen molar-refractivity contribution in [3.8, 4) is 0 Å². The summed E-state index contributed by atoms with van der Waals surface area (Å²) in [6.45, 7) is 1.26. The van der Waals surface area contributed by atoms with Crippen LogP contribution < -0.4 is 5.76 Å². The third-order valence-electron chi connectivity index (χ3n) is 3.32. The molecule has 3 rings (SSSR count). The van der Waals surface area contributed by atoms with Crippen LogP contribution in [0.15, 0.2) is 62.2 Å². The van der Waals surface area contributed by atoms with E-state index in [9.17, 15) is 4.79 Å². The van der Waals surface area contributed by atoms with Gasteiger partial charge in [-0.25, -0.2) is 4.79 Å². The van der Waals surface area contributed by atoms with E-state index in [0.29, 0.717) is 12.3 Å². The molecule has 0 atom stereocenters. The molecule has 5 heteroatoms. The van der Waals surface area contributed by atoms with E-state index >= 15 is 0 Å². The monoisotopic (exact) mass is 346 g/mol. The molecule has 1 aromatic heterocycles. The van der Waals surface area contributed by atoms with Crippen molar-refractivity contribution in [3.63, 3.8) is 0 Å². The van der Waals surface area contributed by atoms with E-state index in [0.717, 1.165) is 16.5 Å². The summed E-state index contributed by atoms with van der Waals surface area (Å²) >= 11 is 3.43. The number of nitrogens with zero attached hydrogens (tertiary/aromatic N) is 2. The fraction of sp³-hybridized carbons (Fsp3) is 0.188. The molecule has 2 aromatic carbocycles. The first kappa shape index (κ1) is 14.1. The molecule has 0 radical (unpaired) electrons. The van der Waals surface area contributed by atoms with Crippen LogP contribution in [-0.2, 0) is 13.2 Å². The molecule has 0 saturated carbocycles. The van der Waals surface area contributed by atoms with Gasteiger partial charge in [-0.05, 0) is 36.9 Å². The first-order valence-electron chi connectivity index (χ1n) is 6.65. The molecule has 0 aliphatic heterocycles. The second-order valence-electron chi connectivity index (χ2n) is 5.05. The molecular formula is C16H15BrN2O2. The predicted octanol–water partition coefficient (Wildman–Crippen LogP) is 3.45. The topological polar surface area (TPSA) is 38.4 Å². The highest BCUT2D eigenvalue weighted by Gasteiger charge is 2.10. The van der Waals surface area contributed by atoms with E-state index in [1.165, 1.54) is 5.56 Å². The van der Waals surface area contributed by atoms with Gasteiger partial charge in [0.1, 0.15) is 0 Å². The number of fused-ring (bicyclic) bond motifs is 1. The van der Waals surface area contributed by atoms with Crippen molar-refractivity contribution < 1.29 is 4.42 Å². The van der Waals surface area contributed by atoms with Crippen LogP contribution >= 0.6 is 15.9 Å². The Morgan fingerprint density at radius 1 is 1.14 bits per heavy atom. The summed E-state index contributed by atoms with van der Waals surface area (Å²) in [5.41, 5.74) is 2.64. The molecule has 0 N–H and O–H groups in total. The lowest BCUT2D eigenvalue weighted by Crippen LogP contribution is -2.27. The van der Waals surface area contributed by atoms with Crippen LogP contribution in [0.2, 0.25) is 0 Å². The molecule has 21 heavy (non-hydrogen) atoms. The number of benzene rings is 2. The summed E-state index contributed by atoms with van der Waals surface area (Å²) in [5, 5.41) is 0. The van der Waals surface area contributed by atoms with Gasteiger partial charge >= 0.3 is 5.76 Å². The molecule has 4 nitrogen and oxygen atoms in total. The molecule has 3 aromatic rings. The number of aromatic nitrogens is 1. The Kier molecular flexibility index (Phi) is 3.94. The molecule has 0 aliphatic carbocycles. The Morgan fingerprint density at radius 3 is 2.62 bits per heavy atom. The van der Waals surface area contributed by atoms with E-state index in [4.69, 9.17) is 4.42 Å². The molecule has 0 saturated heterocycles. The van der Waals surface area contributed by atoms with E-state index in [-0.39, 0.29) is 5.76 Å². The Bertz CT molecular complexity index is 805. The minimum Gasteiger partial charge on any atom is -0.408 e. The zero-order valence-electron chi connectivity index (χ0n) is 11.6. The second kappa shape index (κ2) is 5.87. The van der Waals surface area contributed by atoms with E-state index < -0.39 is 0 Å². The predicted molar refractivity (Wildman–Crippen MR) is 86.1 cm³/mol. The molecule has 1 heterocycles. The van der Waals surface area contributed by atoms with Gasteiger partial charge in [-0.2, -0.15) is 0 Å². The lowest BCUT2D eigenvalue weighted by molar-refractivity contribution is 0.253. The molecule has 0 amide bonds. The van der Waals surface area contributed by atoms with Crippen LogP contribution in [0.1, 0.15) is 5.56 Å². The van der Waals surface area contributed by atoms with Gasteiger partial charge in [-0.1, -0.05) is 40.2 Å². The first-order chi connectivity index (χ1) is 10.1. The summed E-state index contributed by atoms with van der Waals surface area (Å²) in [5.74, 6) is -0.321. The number of rotatable bonds is 4. The van der Waals surface area contributed by atoms with Crippen molar-refractivity contribution in [3.05, 3.63) is 69.1 Å². The minimum absolute atomic E-state index is 0.321. The number of para-hydroxylation sites is 2. The molecule has 0 spiro atoms. The highest BCUT2D eigenvalue weighted by atomic mass is 79.9. The average Bonchev–Trinajstić information content (AvgIpc) is 2.78. The van der Waals surface area contributed by atoms with Gasteiger partial charge in [-0.15, -0.1) is 0 Å². The fourth-order valence-corrected chi connectivity index (χ4v) is 2.61. The third kappa shape index (κ3) is 3.09. The highest BCUT2D eigenvalue weighted by molar-refractivity contribution is 9.10. The molecule has 0 fully saturated rings. The number of hydrogen-bond acceptors (Lipinski definition) is 3. The van der Waals surface area contributed by atoms with Crippen molar-refractivity contribution in [1.82, 2.24) is 9.47 Å². The van der Waals surface area contributed by atoms with Gasteiger partial charge in [0.05, 0.1) is 12.2 Å². The van der Waals surface area contributed by atoms with Crippen molar-refractivity contribution in [1.29, 1.82) is 0 Å². The van der Waals surface area contributed by atoms with E-state index in [2.05, 4.69) is 33.0 Å². The highest BCUT2D eigenvalue weighted by Crippen LogP contribution is 2.14. The Balaban J connectivity index is 1.80. The summed E-state index contributed by atoms with van der Waals surface area (Å²) in [7, 11) is 1.98. The summed E-state index contributed by atoms with van der Waals surface area (Å²) in [4.78, 5) is 14.0. The van der Waals surface area contributed by atoms with Gasteiger partial charge in [0.2, 0.25) is 0 Å². The summed E-state index contributed by atoms with van der Waals surface area (Å²) < 4.78 is 7.95. The van der Waals surface area contributed by atoms with Gasteiger partial charge < -0.3 is 4.42 Å². The number of oxazole rings is 1. The second-order valence-corrected chi connectivity index (χ2v) is 5.96. The lowest BCUT2D eigenvalue weighted by Gasteiger charge is -2.17. The zero-order valence-corrected chi connectivity index (χ0v) is 13.2. The van der Waals surface area contributed by atoms with E-state index in [1.54, 1.807) is 4.57 Å². The third-order valence-corrected chi connectivity index (χ3v) is 3.85. The van der Waals surface area contributed by atoms with Gasteiger partial charge in [0.15, 0.2) is 5.58 Å². The SMILES string of the molecule is CN(Cc1ccc(Br)cc1)Cn1c(=O)oc2ccccc21. The van der Waals surface area contributed by atoms with Crippen LogP contribution in [0.5, 0.6) is 0 Å². The van der Waals surface area contributed by atoms with Crippen molar-refractivity contribution in [2.75, 3.05) is 7.05 Å². The Labute approximate surface area is 130 Å². The summed E-state index contributed by atoms with van der Waals surface area (Å²) in [6, 6.07) is 15.6. The average molecular weight is 347 g/mol. The van der Waals surface area contributed by atoms with Gasteiger partial charge in [0.25, 0.3) is 0 Å². The number of hydrogen-bond donors (Lipinski definition) is 0. The standard InChI is InChI=1S/C16H15BrN2O2/c1-18(10-12-6-8-13(17)9-7-12)11-19-14-4-2-3-5-15(14)21-16(19)20/h2-9H,10-11H2,1H3. The van der Waals surface area contributed by atoms with E-state index in [1.807, 2.05) is 43.4 Å².